The van der Waals surface area contributed by atoms with E-state index in [4.69, 9.17) is 9.15 Å². The smallest absolute Gasteiger partial charge is 0.310 e. The van der Waals surface area contributed by atoms with Gasteiger partial charge in [-0.3, -0.25) is 14.5 Å². The van der Waals surface area contributed by atoms with Crippen molar-refractivity contribution in [2.24, 2.45) is 0 Å². The monoisotopic (exact) mass is 462 g/mol. The molecule has 6 nitrogen and oxygen atoms in total. The minimum absolute atomic E-state index is 0.0454. The number of carbonyl (C=O) groups excluding carboxylic acids is 2. The molecule has 0 radical (unpaired) electrons. The fraction of sp³-hybridized carbons (Fsp3) is 0.269. The summed E-state index contributed by atoms with van der Waals surface area (Å²) in [5.41, 5.74) is 6.42. The lowest BCUT2D eigenvalue weighted by Crippen LogP contribution is -2.22. The van der Waals surface area contributed by atoms with Crippen molar-refractivity contribution >= 4 is 45.0 Å². The molecule has 0 aliphatic heterocycles. The van der Waals surface area contributed by atoms with Crippen LogP contribution in [0.3, 0.4) is 0 Å². The van der Waals surface area contributed by atoms with Crippen LogP contribution < -0.4 is 4.90 Å². The highest BCUT2D eigenvalue weighted by molar-refractivity contribution is 7.14. The Balaban J connectivity index is 1.42. The third-order valence-corrected chi connectivity index (χ3v) is 6.51. The summed E-state index contributed by atoms with van der Waals surface area (Å²) in [5, 5.41) is 3.28. The number of fused-ring (bicyclic) bond motifs is 1. The van der Waals surface area contributed by atoms with Gasteiger partial charge in [0.15, 0.2) is 5.13 Å². The standard InChI is InChI=1S/C26H26N2O4S/c1-5-19-6-8-22(9-7-19)28(18(4)29)26-27-21(15-33-26)14-32-25(30)12-20-13-31-24-11-17(3)16(2)10-23(20)24/h6-11,13,15H,5,12,14H2,1-4H3. The molecule has 0 spiro atoms. The molecule has 33 heavy (non-hydrogen) atoms. The van der Waals surface area contributed by atoms with Gasteiger partial charge in [-0.1, -0.05) is 19.1 Å². The van der Waals surface area contributed by atoms with Crippen LogP contribution in [0, 0.1) is 13.8 Å². The third kappa shape index (κ3) is 4.98. The average molecular weight is 463 g/mol. The molecular formula is C26H26N2O4S. The van der Waals surface area contributed by atoms with E-state index in [2.05, 4.69) is 11.9 Å². The van der Waals surface area contributed by atoms with E-state index in [0.29, 0.717) is 10.8 Å². The first kappa shape index (κ1) is 22.7. The zero-order valence-electron chi connectivity index (χ0n) is 19.2. The van der Waals surface area contributed by atoms with E-state index in [-0.39, 0.29) is 24.9 Å². The Morgan fingerprint density at radius 1 is 1.12 bits per heavy atom. The van der Waals surface area contributed by atoms with Crippen LogP contribution in [-0.4, -0.2) is 16.9 Å². The van der Waals surface area contributed by atoms with Crippen molar-refractivity contribution in [3.05, 3.63) is 76.0 Å². The summed E-state index contributed by atoms with van der Waals surface area (Å²) >= 11 is 1.34. The van der Waals surface area contributed by atoms with E-state index in [0.717, 1.165) is 39.8 Å². The molecule has 0 bridgehead atoms. The zero-order valence-corrected chi connectivity index (χ0v) is 20.0. The molecule has 0 saturated carbocycles. The minimum atomic E-state index is -0.357. The summed E-state index contributed by atoms with van der Waals surface area (Å²) in [6.07, 6.45) is 2.66. The number of rotatable bonds is 7. The maximum atomic E-state index is 12.5. The number of hydrogen-bond donors (Lipinski definition) is 0. The molecule has 4 aromatic rings. The van der Waals surface area contributed by atoms with Gasteiger partial charge in [0.05, 0.1) is 24.1 Å². The van der Waals surface area contributed by atoms with E-state index in [1.165, 1.54) is 23.8 Å². The lowest BCUT2D eigenvalue weighted by Gasteiger charge is -2.18. The molecule has 2 heterocycles. The molecule has 0 aliphatic carbocycles. The number of hydrogen-bond acceptors (Lipinski definition) is 6. The molecule has 0 atom stereocenters. The van der Waals surface area contributed by atoms with Gasteiger partial charge in [0.2, 0.25) is 5.91 Å². The van der Waals surface area contributed by atoms with Crippen LogP contribution in [0.4, 0.5) is 10.8 Å². The summed E-state index contributed by atoms with van der Waals surface area (Å²) in [6, 6.07) is 11.9. The maximum absolute atomic E-state index is 12.5. The Morgan fingerprint density at radius 2 is 1.85 bits per heavy atom. The number of amides is 1. The number of aromatic nitrogens is 1. The van der Waals surface area contributed by atoms with E-state index < -0.39 is 0 Å². The van der Waals surface area contributed by atoms with Crippen molar-refractivity contribution in [3.63, 3.8) is 0 Å². The van der Waals surface area contributed by atoms with Crippen LogP contribution in [0.15, 0.2) is 52.5 Å². The zero-order chi connectivity index (χ0) is 23.5. The van der Waals surface area contributed by atoms with Crippen LogP contribution in [0.5, 0.6) is 0 Å². The molecule has 7 heteroatoms. The topological polar surface area (TPSA) is 72.6 Å². The highest BCUT2D eigenvalue weighted by Gasteiger charge is 2.19. The van der Waals surface area contributed by atoms with E-state index in [9.17, 15) is 9.59 Å². The van der Waals surface area contributed by atoms with Crippen LogP contribution in [-0.2, 0) is 33.8 Å². The number of benzene rings is 2. The van der Waals surface area contributed by atoms with Gasteiger partial charge < -0.3 is 9.15 Å². The van der Waals surface area contributed by atoms with Crippen LogP contribution >= 0.6 is 11.3 Å². The quantitative estimate of drug-likeness (QED) is 0.313. The molecule has 0 N–H and O–H groups in total. The maximum Gasteiger partial charge on any atom is 0.310 e. The van der Waals surface area contributed by atoms with Crippen LogP contribution in [0.1, 0.15) is 41.8 Å². The number of aryl methyl sites for hydroxylation is 3. The molecular weight excluding hydrogens is 436 g/mol. The Labute approximate surface area is 196 Å². The number of esters is 1. The summed E-state index contributed by atoms with van der Waals surface area (Å²) in [6.45, 7) is 7.70. The van der Waals surface area contributed by atoms with E-state index in [1.54, 1.807) is 16.5 Å². The fourth-order valence-electron chi connectivity index (χ4n) is 3.61. The number of thiazole rings is 1. The molecule has 0 saturated heterocycles. The lowest BCUT2D eigenvalue weighted by molar-refractivity contribution is -0.144. The number of anilines is 2. The average Bonchev–Trinajstić information content (AvgIpc) is 3.40. The highest BCUT2D eigenvalue weighted by Crippen LogP contribution is 2.30. The molecule has 0 fully saturated rings. The van der Waals surface area contributed by atoms with Crippen LogP contribution in [0.25, 0.3) is 11.0 Å². The summed E-state index contributed by atoms with van der Waals surface area (Å²) in [7, 11) is 0. The van der Waals surface area contributed by atoms with Gasteiger partial charge in [-0.15, -0.1) is 11.3 Å². The van der Waals surface area contributed by atoms with Crippen molar-refractivity contribution in [2.75, 3.05) is 4.90 Å². The first-order chi connectivity index (χ1) is 15.9. The normalized spacial score (nSPS) is 11.0. The second-order valence-corrected chi connectivity index (χ2v) is 8.86. The fourth-order valence-corrected chi connectivity index (χ4v) is 4.48. The molecule has 0 aliphatic rings. The van der Waals surface area contributed by atoms with Gasteiger partial charge in [0.1, 0.15) is 12.2 Å². The van der Waals surface area contributed by atoms with Crippen molar-refractivity contribution < 1.29 is 18.7 Å². The van der Waals surface area contributed by atoms with E-state index in [1.807, 2.05) is 50.2 Å². The van der Waals surface area contributed by atoms with E-state index >= 15 is 0 Å². The van der Waals surface area contributed by atoms with Crippen molar-refractivity contribution in [3.8, 4) is 0 Å². The second kappa shape index (κ2) is 9.58. The first-order valence-corrected chi connectivity index (χ1v) is 11.7. The molecule has 2 aromatic carbocycles. The van der Waals surface area contributed by atoms with Crippen molar-refractivity contribution in [1.29, 1.82) is 0 Å². The Morgan fingerprint density at radius 3 is 2.55 bits per heavy atom. The first-order valence-electron chi connectivity index (χ1n) is 10.8. The van der Waals surface area contributed by atoms with Gasteiger partial charge in [-0.2, -0.15) is 0 Å². The molecule has 2 aromatic heterocycles. The number of furan rings is 1. The van der Waals surface area contributed by atoms with Gasteiger partial charge in [0, 0.05) is 23.3 Å². The lowest BCUT2D eigenvalue weighted by atomic mass is 10.0. The summed E-state index contributed by atoms with van der Waals surface area (Å²) in [5.74, 6) is -0.487. The summed E-state index contributed by atoms with van der Waals surface area (Å²) < 4.78 is 11.1. The predicted molar refractivity (Wildman–Crippen MR) is 130 cm³/mol. The summed E-state index contributed by atoms with van der Waals surface area (Å²) in [4.78, 5) is 30.8. The van der Waals surface area contributed by atoms with Crippen molar-refractivity contribution in [1.82, 2.24) is 4.98 Å². The van der Waals surface area contributed by atoms with Gasteiger partial charge in [0.25, 0.3) is 0 Å². The molecule has 0 unspecified atom stereocenters. The van der Waals surface area contributed by atoms with Gasteiger partial charge in [-0.05, 0) is 61.2 Å². The number of carbonyl (C=O) groups is 2. The van der Waals surface area contributed by atoms with Gasteiger partial charge in [-0.25, -0.2) is 4.98 Å². The second-order valence-electron chi connectivity index (χ2n) is 8.03. The number of ether oxygens (including phenoxy) is 1. The van der Waals surface area contributed by atoms with Crippen molar-refractivity contribution in [2.45, 2.75) is 47.1 Å². The Kier molecular flexibility index (Phi) is 6.60. The SMILES string of the molecule is CCc1ccc(N(C(C)=O)c2nc(COC(=O)Cc3coc4cc(C)c(C)cc34)cs2)cc1. The largest absolute Gasteiger partial charge is 0.464 e. The predicted octanol–water partition coefficient (Wildman–Crippen LogP) is 6.04. The third-order valence-electron chi connectivity index (χ3n) is 5.63. The Bertz CT molecular complexity index is 1300. The highest BCUT2D eigenvalue weighted by atomic mass is 32.1. The van der Waals surface area contributed by atoms with Gasteiger partial charge >= 0.3 is 5.97 Å². The number of nitrogens with zero attached hydrogens (tertiary/aromatic N) is 2. The minimum Gasteiger partial charge on any atom is -0.464 e. The molecule has 1 amide bonds. The molecule has 4 rings (SSSR count). The van der Waals surface area contributed by atoms with Crippen LogP contribution in [0.2, 0.25) is 0 Å². The molecule has 170 valence electrons. The Hall–Kier alpha value is -3.45.